The fourth-order valence-electron chi connectivity index (χ4n) is 2.40. The molecule has 0 saturated heterocycles. The molecule has 2 aliphatic rings. The van der Waals surface area contributed by atoms with Crippen LogP contribution in [0.25, 0.3) is 0 Å². The molecule has 2 aliphatic carbocycles. The number of aliphatic hydroxyl groups excluding tert-OH is 1. The van der Waals surface area contributed by atoms with Crippen LogP contribution in [-0.4, -0.2) is 11.2 Å². The van der Waals surface area contributed by atoms with E-state index in [2.05, 4.69) is 6.07 Å². The SMILES string of the molecule is N#C[C@H]1C[C@H]2C[C@H]1C[C@@H]2O. The predicted molar refractivity (Wildman–Crippen MR) is 35.9 cm³/mol. The summed E-state index contributed by atoms with van der Waals surface area (Å²) in [6.45, 7) is 0. The molecule has 0 aromatic heterocycles. The first-order chi connectivity index (χ1) is 4.81. The fraction of sp³-hybridized carbons (Fsp3) is 0.875. The summed E-state index contributed by atoms with van der Waals surface area (Å²) in [4.78, 5) is 0. The molecule has 0 aromatic rings. The zero-order chi connectivity index (χ0) is 7.14. The molecule has 2 heteroatoms. The smallest absolute Gasteiger partial charge is 0.0658 e. The Morgan fingerprint density at radius 3 is 2.40 bits per heavy atom. The van der Waals surface area contributed by atoms with Crippen molar-refractivity contribution in [3.8, 4) is 6.07 Å². The molecule has 0 unspecified atom stereocenters. The summed E-state index contributed by atoms with van der Waals surface area (Å²) in [5.74, 6) is 1.23. The van der Waals surface area contributed by atoms with Crippen molar-refractivity contribution in [3.63, 3.8) is 0 Å². The normalized spacial score (nSPS) is 51.2. The van der Waals surface area contributed by atoms with Gasteiger partial charge in [-0.15, -0.1) is 0 Å². The Morgan fingerprint density at radius 1 is 1.20 bits per heavy atom. The van der Waals surface area contributed by atoms with Crippen molar-refractivity contribution in [2.45, 2.75) is 25.4 Å². The van der Waals surface area contributed by atoms with Gasteiger partial charge in [0.05, 0.1) is 12.2 Å². The van der Waals surface area contributed by atoms with Crippen molar-refractivity contribution < 1.29 is 5.11 Å². The Hall–Kier alpha value is -0.550. The van der Waals surface area contributed by atoms with E-state index in [-0.39, 0.29) is 12.0 Å². The van der Waals surface area contributed by atoms with E-state index in [1.807, 2.05) is 0 Å². The summed E-state index contributed by atoms with van der Waals surface area (Å²) in [5, 5.41) is 18.0. The predicted octanol–water partition coefficient (Wildman–Crippen LogP) is 0.917. The van der Waals surface area contributed by atoms with E-state index in [0.29, 0.717) is 11.8 Å². The van der Waals surface area contributed by atoms with Crippen LogP contribution < -0.4 is 0 Å². The Labute approximate surface area is 60.5 Å². The molecule has 0 spiro atoms. The lowest BCUT2D eigenvalue weighted by Crippen LogP contribution is -2.20. The molecule has 54 valence electrons. The molecule has 0 aromatic carbocycles. The lowest BCUT2D eigenvalue weighted by molar-refractivity contribution is 0.104. The number of hydrogen-bond acceptors (Lipinski definition) is 2. The van der Waals surface area contributed by atoms with Crippen LogP contribution >= 0.6 is 0 Å². The third-order valence-electron chi connectivity index (χ3n) is 2.99. The molecule has 10 heavy (non-hydrogen) atoms. The van der Waals surface area contributed by atoms with Gasteiger partial charge in [0.1, 0.15) is 0 Å². The standard InChI is InChI=1S/C8H11NO/c9-4-7-2-6-1-5(7)3-8(6)10/h5-8,10H,1-3H2/t5-,6+,7+,8-/m0/s1. The highest BCUT2D eigenvalue weighted by molar-refractivity contribution is 5.03. The van der Waals surface area contributed by atoms with E-state index < -0.39 is 0 Å². The van der Waals surface area contributed by atoms with Gasteiger partial charge in [0.2, 0.25) is 0 Å². The minimum Gasteiger partial charge on any atom is -0.393 e. The van der Waals surface area contributed by atoms with Crippen molar-refractivity contribution in [1.29, 1.82) is 5.26 Å². The fourth-order valence-corrected chi connectivity index (χ4v) is 2.40. The molecule has 0 radical (unpaired) electrons. The van der Waals surface area contributed by atoms with E-state index in [4.69, 9.17) is 5.26 Å². The summed E-state index contributed by atoms with van der Waals surface area (Å²) >= 11 is 0. The zero-order valence-corrected chi connectivity index (χ0v) is 5.83. The molecule has 2 bridgehead atoms. The first-order valence-corrected chi connectivity index (χ1v) is 3.89. The molecule has 0 aliphatic heterocycles. The molecule has 2 rings (SSSR count). The largest absolute Gasteiger partial charge is 0.393 e. The van der Waals surface area contributed by atoms with Gasteiger partial charge in [0.25, 0.3) is 0 Å². The second kappa shape index (κ2) is 1.96. The van der Waals surface area contributed by atoms with Gasteiger partial charge in [-0.2, -0.15) is 5.26 Å². The second-order valence-electron chi connectivity index (χ2n) is 3.53. The summed E-state index contributed by atoms with van der Waals surface area (Å²) in [6, 6.07) is 2.30. The maximum Gasteiger partial charge on any atom is 0.0658 e. The van der Waals surface area contributed by atoms with Crippen molar-refractivity contribution >= 4 is 0 Å². The van der Waals surface area contributed by atoms with E-state index >= 15 is 0 Å². The van der Waals surface area contributed by atoms with Crippen molar-refractivity contribution in [2.24, 2.45) is 17.8 Å². The number of fused-ring (bicyclic) bond motifs is 2. The monoisotopic (exact) mass is 137 g/mol. The van der Waals surface area contributed by atoms with E-state index in [0.717, 1.165) is 19.3 Å². The van der Waals surface area contributed by atoms with Gasteiger partial charge in [0, 0.05) is 5.92 Å². The molecule has 4 atom stereocenters. The van der Waals surface area contributed by atoms with Gasteiger partial charge < -0.3 is 5.11 Å². The third kappa shape index (κ3) is 0.674. The molecule has 2 nitrogen and oxygen atoms in total. The van der Waals surface area contributed by atoms with Crippen LogP contribution in [0.1, 0.15) is 19.3 Å². The first-order valence-electron chi connectivity index (χ1n) is 3.89. The van der Waals surface area contributed by atoms with Gasteiger partial charge in [-0.05, 0) is 31.1 Å². The number of rotatable bonds is 0. The number of nitrogens with zero attached hydrogens (tertiary/aromatic N) is 1. The van der Waals surface area contributed by atoms with Crippen LogP contribution in [0.4, 0.5) is 0 Å². The first kappa shape index (κ1) is 6.18. The number of aliphatic hydroxyl groups is 1. The van der Waals surface area contributed by atoms with Crippen molar-refractivity contribution in [3.05, 3.63) is 0 Å². The maximum atomic E-state index is 9.32. The van der Waals surface area contributed by atoms with Crippen LogP contribution in [0.15, 0.2) is 0 Å². The van der Waals surface area contributed by atoms with Gasteiger partial charge in [-0.1, -0.05) is 0 Å². The second-order valence-corrected chi connectivity index (χ2v) is 3.53. The lowest BCUT2D eigenvalue weighted by Gasteiger charge is -2.18. The summed E-state index contributed by atoms with van der Waals surface area (Å²) < 4.78 is 0. The Morgan fingerprint density at radius 2 is 2.00 bits per heavy atom. The van der Waals surface area contributed by atoms with Gasteiger partial charge >= 0.3 is 0 Å². The quantitative estimate of drug-likeness (QED) is 0.539. The molecule has 2 fully saturated rings. The molecule has 2 saturated carbocycles. The highest BCUT2D eigenvalue weighted by Gasteiger charge is 2.45. The van der Waals surface area contributed by atoms with Crippen molar-refractivity contribution in [2.75, 3.05) is 0 Å². The molecule has 0 heterocycles. The summed E-state index contributed by atoms with van der Waals surface area (Å²) in [7, 11) is 0. The average Bonchev–Trinajstić information content (AvgIpc) is 2.44. The molecular weight excluding hydrogens is 126 g/mol. The minimum atomic E-state index is -0.0883. The van der Waals surface area contributed by atoms with Crippen LogP contribution in [0, 0.1) is 29.1 Å². The zero-order valence-electron chi connectivity index (χ0n) is 5.83. The van der Waals surface area contributed by atoms with E-state index in [1.54, 1.807) is 0 Å². The number of hydrogen-bond donors (Lipinski definition) is 1. The minimum absolute atomic E-state index is 0.0883. The van der Waals surface area contributed by atoms with Crippen LogP contribution in [0.5, 0.6) is 0 Å². The Balaban J connectivity index is 2.11. The van der Waals surface area contributed by atoms with Crippen LogP contribution in [0.3, 0.4) is 0 Å². The molecular formula is C8H11NO. The van der Waals surface area contributed by atoms with E-state index in [9.17, 15) is 5.11 Å². The lowest BCUT2D eigenvalue weighted by atomic mass is 9.88. The topological polar surface area (TPSA) is 44.0 Å². The van der Waals surface area contributed by atoms with Gasteiger partial charge in [-0.25, -0.2) is 0 Å². The molecule has 1 N–H and O–H groups in total. The highest BCUT2D eigenvalue weighted by atomic mass is 16.3. The van der Waals surface area contributed by atoms with Crippen molar-refractivity contribution in [1.82, 2.24) is 0 Å². The van der Waals surface area contributed by atoms with Crippen LogP contribution in [-0.2, 0) is 0 Å². The Kier molecular flexibility index (Phi) is 1.21. The van der Waals surface area contributed by atoms with E-state index in [1.165, 1.54) is 0 Å². The summed E-state index contributed by atoms with van der Waals surface area (Å²) in [6.07, 6.45) is 2.83. The third-order valence-corrected chi connectivity index (χ3v) is 2.99. The maximum absolute atomic E-state index is 9.32. The van der Waals surface area contributed by atoms with Gasteiger partial charge in [0.15, 0.2) is 0 Å². The van der Waals surface area contributed by atoms with Crippen LogP contribution in [0.2, 0.25) is 0 Å². The molecule has 0 amide bonds. The van der Waals surface area contributed by atoms with Gasteiger partial charge in [-0.3, -0.25) is 0 Å². The highest BCUT2D eigenvalue weighted by Crippen LogP contribution is 2.47. The number of nitriles is 1. The average molecular weight is 137 g/mol. The summed E-state index contributed by atoms with van der Waals surface area (Å²) in [5.41, 5.74) is 0. The Bertz CT molecular complexity index is 182.